The van der Waals surface area contributed by atoms with Crippen LogP contribution < -0.4 is 10.5 Å². The molecule has 128 valence electrons. The van der Waals surface area contributed by atoms with Crippen molar-refractivity contribution in [2.24, 2.45) is 5.73 Å². The van der Waals surface area contributed by atoms with Crippen LogP contribution in [0.5, 0.6) is 5.88 Å². The van der Waals surface area contributed by atoms with Gasteiger partial charge in [-0.3, -0.25) is 4.79 Å². The minimum Gasteiger partial charge on any atom is -0.477 e. The van der Waals surface area contributed by atoms with Gasteiger partial charge in [0.2, 0.25) is 11.8 Å². The molecule has 2 aliphatic rings. The van der Waals surface area contributed by atoms with E-state index in [1.807, 2.05) is 10.7 Å². The number of carbonyl (C=O) groups excluding carboxylic acids is 1. The average molecular weight is 329 g/mol. The SMILES string of the molecule is CCCOc1c2cc(C(N)=O)ccc2nn1[C@@]12CC[C@@](C)(C1)OC2. The summed E-state index contributed by atoms with van der Waals surface area (Å²) in [7, 11) is 0. The molecular formula is C18H23N3O3. The standard InChI is InChI=1S/C18H23N3O3/c1-3-8-23-16-13-9-12(15(19)22)4-5-14(13)20-21(16)18-7-6-17(2,10-18)24-11-18/h4-5,9H,3,6-8,10-11H2,1-2H3,(H2,19,22)/t17-,18-/m0/s1. The molecule has 1 aliphatic heterocycles. The highest BCUT2D eigenvalue weighted by molar-refractivity contribution is 5.98. The first-order valence-corrected chi connectivity index (χ1v) is 8.56. The zero-order chi connectivity index (χ0) is 16.9. The highest BCUT2D eigenvalue weighted by Crippen LogP contribution is 2.52. The molecule has 1 aliphatic carbocycles. The summed E-state index contributed by atoms with van der Waals surface area (Å²) in [5.74, 6) is 0.284. The van der Waals surface area contributed by atoms with Gasteiger partial charge in [0.15, 0.2) is 0 Å². The number of rotatable bonds is 5. The van der Waals surface area contributed by atoms with Crippen LogP contribution in [0.1, 0.15) is 49.9 Å². The smallest absolute Gasteiger partial charge is 0.248 e. The number of fused-ring (bicyclic) bond motifs is 3. The summed E-state index contributed by atoms with van der Waals surface area (Å²) in [6.45, 7) is 5.50. The summed E-state index contributed by atoms with van der Waals surface area (Å²) in [5, 5.41) is 5.65. The second-order valence-electron chi connectivity index (χ2n) is 7.30. The van der Waals surface area contributed by atoms with Gasteiger partial charge in [0.05, 0.1) is 35.3 Å². The van der Waals surface area contributed by atoms with Crippen molar-refractivity contribution in [3.05, 3.63) is 23.8 Å². The van der Waals surface area contributed by atoms with Crippen LogP contribution in [0.3, 0.4) is 0 Å². The van der Waals surface area contributed by atoms with Gasteiger partial charge in [0.25, 0.3) is 0 Å². The molecule has 2 aromatic rings. The molecule has 1 amide bonds. The number of hydrogen-bond donors (Lipinski definition) is 1. The van der Waals surface area contributed by atoms with E-state index in [0.717, 1.165) is 42.5 Å². The molecule has 1 saturated carbocycles. The summed E-state index contributed by atoms with van der Waals surface area (Å²) in [4.78, 5) is 11.5. The Balaban J connectivity index is 1.87. The van der Waals surface area contributed by atoms with Crippen molar-refractivity contribution >= 4 is 16.8 Å². The number of nitrogens with two attached hydrogens (primary N) is 1. The minimum atomic E-state index is -0.443. The van der Waals surface area contributed by atoms with Gasteiger partial charge in [-0.15, -0.1) is 0 Å². The number of carbonyl (C=O) groups is 1. The van der Waals surface area contributed by atoms with Crippen molar-refractivity contribution in [2.75, 3.05) is 13.2 Å². The predicted octanol–water partition coefficient (Wildman–Crippen LogP) is 2.59. The van der Waals surface area contributed by atoms with E-state index in [9.17, 15) is 4.79 Å². The maximum absolute atomic E-state index is 11.5. The Morgan fingerprint density at radius 1 is 1.46 bits per heavy atom. The lowest BCUT2D eigenvalue weighted by Crippen LogP contribution is -2.34. The van der Waals surface area contributed by atoms with Crippen molar-refractivity contribution in [2.45, 2.75) is 50.7 Å². The van der Waals surface area contributed by atoms with E-state index in [1.165, 1.54) is 0 Å². The first-order chi connectivity index (χ1) is 11.5. The molecule has 2 bridgehead atoms. The van der Waals surface area contributed by atoms with Crippen molar-refractivity contribution in [3.63, 3.8) is 0 Å². The van der Waals surface area contributed by atoms with Crippen LogP contribution in [0.2, 0.25) is 0 Å². The van der Waals surface area contributed by atoms with E-state index >= 15 is 0 Å². The van der Waals surface area contributed by atoms with E-state index in [0.29, 0.717) is 18.8 Å². The van der Waals surface area contributed by atoms with E-state index in [2.05, 4.69) is 13.8 Å². The Kier molecular flexibility index (Phi) is 3.35. The first-order valence-electron chi connectivity index (χ1n) is 8.56. The van der Waals surface area contributed by atoms with Crippen molar-refractivity contribution in [1.29, 1.82) is 0 Å². The van der Waals surface area contributed by atoms with Gasteiger partial charge in [-0.2, -0.15) is 5.10 Å². The Labute approximate surface area is 140 Å². The molecule has 1 aromatic carbocycles. The molecule has 6 heteroatoms. The highest BCUT2D eigenvalue weighted by atomic mass is 16.5. The summed E-state index contributed by atoms with van der Waals surface area (Å²) < 4.78 is 14.1. The Morgan fingerprint density at radius 3 is 2.88 bits per heavy atom. The third-order valence-electron chi connectivity index (χ3n) is 5.32. The Bertz CT molecular complexity index is 803. The molecule has 2 heterocycles. The number of primary amides is 1. The third-order valence-corrected chi connectivity index (χ3v) is 5.32. The number of benzene rings is 1. The van der Waals surface area contributed by atoms with Crippen molar-refractivity contribution in [1.82, 2.24) is 9.78 Å². The highest BCUT2D eigenvalue weighted by Gasteiger charge is 2.56. The molecule has 2 N–H and O–H groups in total. The predicted molar refractivity (Wildman–Crippen MR) is 90.2 cm³/mol. The van der Waals surface area contributed by atoms with Crippen LogP contribution >= 0.6 is 0 Å². The van der Waals surface area contributed by atoms with E-state index in [-0.39, 0.29) is 11.1 Å². The zero-order valence-corrected chi connectivity index (χ0v) is 14.2. The van der Waals surface area contributed by atoms with Gasteiger partial charge in [-0.25, -0.2) is 4.68 Å². The maximum atomic E-state index is 11.5. The van der Waals surface area contributed by atoms with E-state index in [4.69, 9.17) is 20.3 Å². The Hall–Kier alpha value is -2.08. The summed E-state index contributed by atoms with van der Waals surface area (Å²) in [6, 6.07) is 5.34. The van der Waals surface area contributed by atoms with Crippen LogP contribution in [-0.2, 0) is 10.3 Å². The molecule has 2 fully saturated rings. The van der Waals surface area contributed by atoms with Crippen molar-refractivity contribution in [3.8, 4) is 5.88 Å². The fourth-order valence-corrected chi connectivity index (χ4v) is 4.04. The largest absolute Gasteiger partial charge is 0.477 e. The summed E-state index contributed by atoms with van der Waals surface area (Å²) in [6.07, 6.45) is 3.91. The van der Waals surface area contributed by atoms with Crippen LogP contribution in [0.15, 0.2) is 18.2 Å². The molecule has 1 saturated heterocycles. The molecule has 0 radical (unpaired) electrons. The number of amides is 1. The lowest BCUT2D eigenvalue weighted by Gasteiger charge is -2.28. The monoisotopic (exact) mass is 329 g/mol. The van der Waals surface area contributed by atoms with Crippen LogP contribution in [0, 0.1) is 0 Å². The minimum absolute atomic E-state index is 0.0570. The third kappa shape index (κ3) is 2.20. The quantitative estimate of drug-likeness (QED) is 0.914. The normalized spacial score (nSPS) is 28.6. The topological polar surface area (TPSA) is 79.4 Å². The van der Waals surface area contributed by atoms with Gasteiger partial charge >= 0.3 is 0 Å². The molecular weight excluding hydrogens is 306 g/mol. The molecule has 0 unspecified atom stereocenters. The van der Waals surface area contributed by atoms with Crippen LogP contribution in [-0.4, -0.2) is 34.5 Å². The fourth-order valence-electron chi connectivity index (χ4n) is 4.04. The van der Waals surface area contributed by atoms with Gasteiger partial charge in [-0.1, -0.05) is 6.92 Å². The number of aromatic nitrogens is 2. The molecule has 2 atom stereocenters. The van der Waals surface area contributed by atoms with Crippen LogP contribution in [0.25, 0.3) is 10.9 Å². The first kappa shape index (κ1) is 15.4. The second-order valence-corrected chi connectivity index (χ2v) is 7.30. The Morgan fingerprint density at radius 2 is 2.29 bits per heavy atom. The van der Waals surface area contributed by atoms with Crippen molar-refractivity contribution < 1.29 is 14.3 Å². The van der Waals surface area contributed by atoms with Gasteiger partial charge in [-0.05, 0) is 44.4 Å². The number of hydrogen-bond acceptors (Lipinski definition) is 4. The lowest BCUT2D eigenvalue weighted by molar-refractivity contribution is -0.0160. The van der Waals surface area contributed by atoms with Crippen LogP contribution in [0.4, 0.5) is 0 Å². The molecule has 4 rings (SSSR count). The maximum Gasteiger partial charge on any atom is 0.248 e. The lowest BCUT2D eigenvalue weighted by atomic mass is 9.99. The van der Waals surface area contributed by atoms with Gasteiger partial charge in [0.1, 0.15) is 0 Å². The molecule has 0 spiro atoms. The molecule has 1 aromatic heterocycles. The summed E-state index contributed by atoms with van der Waals surface area (Å²) in [5.41, 5.74) is 6.52. The molecule has 6 nitrogen and oxygen atoms in total. The van der Waals surface area contributed by atoms with Gasteiger partial charge in [0, 0.05) is 12.0 Å². The van der Waals surface area contributed by atoms with Gasteiger partial charge < -0.3 is 15.2 Å². The molecule has 24 heavy (non-hydrogen) atoms. The number of nitrogens with zero attached hydrogens (tertiary/aromatic N) is 2. The number of ether oxygens (including phenoxy) is 2. The zero-order valence-electron chi connectivity index (χ0n) is 14.2. The van der Waals surface area contributed by atoms with E-state index in [1.54, 1.807) is 12.1 Å². The van der Waals surface area contributed by atoms with E-state index < -0.39 is 5.91 Å². The summed E-state index contributed by atoms with van der Waals surface area (Å²) >= 11 is 0. The second kappa shape index (κ2) is 5.21. The fraction of sp³-hybridized carbons (Fsp3) is 0.556. The average Bonchev–Trinajstić information content (AvgIpc) is 3.21.